The Bertz CT molecular complexity index is 3990. The maximum absolute atomic E-state index is 13.3. The number of anilines is 2. The lowest BCUT2D eigenvalue weighted by molar-refractivity contribution is -0.0135. The van der Waals surface area contributed by atoms with E-state index in [1.807, 2.05) is 0 Å². The smallest absolute Gasteiger partial charge is 0.262 e. The van der Waals surface area contributed by atoms with Crippen molar-refractivity contribution in [2.24, 2.45) is 11.5 Å². The second-order valence-electron chi connectivity index (χ2n) is 30.4. The number of hydrogen-bond donors (Lipinski definition) is 10. The number of halogens is 1. The van der Waals surface area contributed by atoms with E-state index in [9.17, 15) is 49.2 Å². The molecule has 28 heteroatoms. The molecule has 577 valence electrons. The van der Waals surface area contributed by atoms with Gasteiger partial charge in [-0.25, -0.2) is 15.0 Å². The Morgan fingerprint density at radius 1 is 0.548 bits per heavy atom. The van der Waals surface area contributed by atoms with Gasteiger partial charge in [-0.05, 0) is 192 Å². The number of ether oxygens (including phenoxy) is 2. The van der Waals surface area contributed by atoms with Gasteiger partial charge in [-0.2, -0.15) is 0 Å². The van der Waals surface area contributed by atoms with Crippen molar-refractivity contribution in [1.29, 1.82) is 0 Å². The Morgan fingerprint density at radius 3 is 1.19 bits per heavy atom. The lowest BCUT2D eigenvalue weighted by Crippen LogP contribution is -2.43. The van der Waals surface area contributed by atoms with Gasteiger partial charge in [0.25, 0.3) is 16.7 Å². The first-order valence-electron chi connectivity index (χ1n) is 36.9. The maximum Gasteiger partial charge on any atom is 0.262 e. The Balaban J connectivity index is 0.000000301. The number of aliphatic hydroxyl groups excluding tert-OH is 6. The number of hydrogen-bond acceptors (Lipinski definition) is 22. The van der Waals surface area contributed by atoms with Gasteiger partial charge in [0.2, 0.25) is 0 Å². The number of nitrogens with zero attached hydrogens (tertiary/aromatic N) is 6. The molecule has 12 N–H and O–H groups in total. The van der Waals surface area contributed by atoms with Gasteiger partial charge in [0.1, 0.15) is 16.8 Å². The summed E-state index contributed by atoms with van der Waals surface area (Å²) in [6.07, 6.45) is 15.6. The number of ketones is 3. The van der Waals surface area contributed by atoms with Gasteiger partial charge in [-0.15, -0.1) is 0 Å². The highest BCUT2D eigenvalue weighted by molar-refractivity contribution is 6.74. The molecule has 5 saturated carbocycles. The number of nitrogens with one attached hydrogen (secondary N) is 2. The first-order chi connectivity index (χ1) is 48.6. The number of rotatable bonds is 12. The zero-order valence-electron chi connectivity index (χ0n) is 63.0. The predicted molar refractivity (Wildman–Crippen MR) is 417 cm³/mol. The van der Waals surface area contributed by atoms with Crippen LogP contribution in [0, 0.1) is 20.8 Å². The summed E-state index contributed by atoms with van der Waals surface area (Å²) in [5.74, 6) is 0.365. The molecule has 3 radical (unpaired) electrons. The van der Waals surface area contributed by atoms with Crippen molar-refractivity contribution in [2.75, 3.05) is 37.1 Å². The molecule has 104 heavy (non-hydrogen) atoms. The lowest BCUT2D eigenvalue weighted by Gasteiger charge is -2.38. The summed E-state index contributed by atoms with van der Waals surface area (Å²) in [7, 11) is -1.89. The Morgan fingerprint density at radius 2 is 0.885 bits per heavy atom. The molecule has 6 aromatic heterocycles. The highest BCUT2D eigenvalue weighted by atomic mass is 35.5. The van der Waals surface area contributed by atoms with Crippen molar-refractivity contribution in [3.05, 3.63) is 106 Å². The molecule has 8 heterocycles. The van der Waals surface area contributed by atoms with Crippen molar-refractivity contribution in [1.82, 2.24) is 28.7 Å². The van der Waals surface area contributed by atoms with Gasteiger partial charge in [-0.3, -0.25) is 28.8 Å². The van der Waals surface area contributed by atoms with Crippen LogP contribution in [0.1, 0.15) is 236 Å². The minimum atomic E-state index is -1.89. The van der Waals surface area contributed by atoms with Crippen LogP contribution in [0.2, 0.25) is 23.3 Å². The summed E-state index contributed by atoms with van der Waals surface area (Å²) in [4.78, 5) is 89.6. The number of aliphatic hydroxyl groups is 6. The van der Waals surface area contributed by atoms with Gasteiger partial charge in [0, 0.05) is 109 Å². The van der Waals surface area contributed by atoms with E-state index in [2.05, 4.69) is 59.5 Å². The van der Waals surface area contributed by atoms with Crippen LogP contribution >= 0.6 is 11.6 Å². The van der Waals surface area contributed by atoms with Crippen LogP contribution < -0.4 is 38.8 Å². The number of carbonyl (C=O) groups excluding carboxylic acids is 3. The topological polar surface area (TPSA) is 381 Å². The molecule has 2 saturated heterocycles. The molecular weight excluding hydrogens is 1370 g/mol. The highest BCUT2D eigenvalue weighted by Crippen LogP contribution is 2.43. The molecule has 25 nitrogen and oxygen atoms in total. The number of nitrogens with two attached hydrogens (primary N) is 2. The standard InChI is InChI=1S/C22H31ClN2O3Si.2C21H27N3O5.2C5H11NO.2CH4.B.2H2/c1-13-17-12-24-19(23)11-18(17)25(21(27)20(13)14(2)26)15-8-9-16(10-15)28-29(6,7)22(3,4)5;2*1-11-15-9-22-19(23-16-5-6-29-10-18(16)27)8-17(15)24(13-3-4-14(26)7-13)21(28)20(11)12(2)25;2*6-4-1-2-5(7)3-4;;;;;/h11-12,15-16H,8-10H2,1-7H3;2*8-9,13-14,16,18,26-27H,3-7,10H2,1-2H3,(H,22,23);2*4-5,7H,1-3,6H2;2*1H4;;2*1H/t15-,16+;13-,14+,16-,18-;13-,14-,16-,18-;4-,5+;4-,5-;;;;;/m11111...../s1/i;;;;;;;;1+1D;1+1. The van der Waals surface area contributed by atoms with E-state index in [-0.39, 0.29) is 154 Å². The molecule has 0 spiro atoms. The molecule has 0 bridgehead atoms. The number of Topliss-reactive ketones (excluding diaryl/α,β-unsaturated/α-hetero) is 3. The third-order valence-electron chi connectivity index (χ3n) is 21.8. The van der Waals surface area contributed by atoms with E-state index < -0.39 is 32.7 Å². The maximum atomic E-state index is 13.3. The van der Waals surface area contributed by atoms with E-state index in [0.29, 0.717) is 109 Å². The Hall–Kier alpha value is -6.18. The van der Waals surface area contributed by atoms with Crippen LogP contribution in [-0.2, 0) is 13.9 Å². The molecule has 13 rings (SSSR count). The van der Waals surface area contributed by atoms with Crippen molar-refractivity contribution in [3.8, 4) is 0 Å². The van der Waals surface area contributed by atoms with Crippen molar-refractivity contribution < 1.29 is 63.3 Å². The fourth-order valence-corrected chi connectivity index (χ4v) is 16.7. The number of aromatic nitrogens is 6. The molecule has 5 aliphatic carbocycles. The van der Waals surface area contributed by atoms with Crippen molar-refractivity contribution in [3.63, 3.8) is 0 Å². The molecule has 0 amide bonds. The van der Waals surface area contributed by atoms with Gasteiger partial charge < -0.3 is 80.3 Å². The number of aryl methyl sites for hydroxylation is 3. The summed E-state index contributed by atoms with van der Waals surface area (Å²) < 4.78 is 32.2. The highest BCUT2D eigenvalue weighted by Gasteiger charge is 2.42. The average molecular weight is 1490 g/mol. The van der Waals surface area contributed by atoms with Crippen LogP contribution in [0.5, 0.6) is 0 Å². The molecule has 0 aromatic carbocycles. The minimum absolute atomic E-state index is 0. The van der Waals surface area contributed by atoms with E-state index in [4.69, 9.17) is 50.2 Å². The fourth-order valence-electron chi connectivity index (χ4n) is 15.2. The zero-order chi connectivity index (χ0) is 75.7. The Kier molecular flexibility index (Phi) is 30.3. The molecule has 7 fully saturated rings. The molecular formula is C76H119BClN10O15Si. The number of fused-ring (bicyclic) bond motifs is 3. The van der Waals surface area contributed by atoms with Gasteiger partial charge in [0.15, 0.2) is 25.7 Å². The monoisotopic (exact) mass is 1490 g/mol. The lowest BCUT2D eigenvalue weighted by atomic mass is 10.0. The molecule has 2 aliphatic heterocycles. The van der Waals surface area contributed by atoms with E-state index in [1.54, 1.807) is 71.3 Å². The quantitative estimate of drug-likeness (QED) is 0.0309. The zero-order valence-corrected chi connectivity index (χ0v) is 62.8. The molecule has 0 unspecified atom stereocenters. The largest absolute Gasteiger partial charge is 0.414 e. The normalized spacial score (nSPS) is 26.7. The van der Waals surface area contributed by atoms with Crippen LogP contribution in [-0.4, -0.2) is 187 Å². The summed E-state index contributed by atoms with van der Waals surface area (Å²) in [6, 6.07) is 5.19. The second kappa shape index (κ2) is 37.1. The number of carbonyl (C=O) groups is 3. The first-order valence-corrected chi connectivity index (χ1v) is 39.2. The number of pyridine rings is 6. The van der Waals surface area contributed by atoms with Crippen LogP contribution in [0.25, 0.3) is 32.7 Å². The van der Waals surface area contributed by atoms with Crippen LogP contribution in [0.4, 0.5) is 11.6 Å². The van der Waals surface area contributed by atoms with Crippen LogP contribution in [0.15, 0.2) is 51.2 Å². The molecule has 6 aromatic rings. The third-order valence-corrected chi connectivity index (χ3v) is 26.5. The van der Waals surface area contributed by atoms with Gasteiger partial charge in [0.05, 0.1) is 95.2 Å². The summed E-state index contributed by atoms with van der Waals surface area (Å²) in [5, 5.41) is 67.2. The summed E-state index contributed by atoms with van der Waals surface area (Å²) >= 11 is 6.16. The molecule has 7 aliphatic rings. The Labute approximate surface area is 623 Å². The van der Waals surface area contributed by atoms with E-state index in [1.165, 1.54) is 20.8 Å². The second-order valence-corrected chi connectivity index (χ2v) is 35.6. The first kappa shape index (κ1) is 85.1. The van der Waals surface area contributed by atoms with Gasteiger partial charge >= 0.3 is 0 Å². The third kappa shape index (κ3) is 20.3. The van der Waals surface area contributed by atoms with E-state index >= 15 is 0 Å². The van der Waals surface area contributed by atoms with E-state index in [0.717, 1.165) is 79.5 Å². The fraction of sp³-hybridized carbons (Fsp3) is 0.645. The molecule has 14 atom stereocenters. The average Bonchev–Trinajstić information content (AvgIpc) is 1.54. The van der Waals surface area contributed by atoms with Crippen LogP contribution in [0.3, 0.4) is 0 Å². The SMILES string of the molecule is C.C.CC(=O)c1c(C)c2cnc(Cl)cc2n([C@@H]2CC[C@H](O[Si](C)(C)C(C)(C)C)C2)c1=O.CC(=O)c1c(C)c2cnc(N[C@@H]3CCOC[C@H]3O)cc2n([C@@H]2CC[C@@H](O)C2)c1=O.CC(=O)c1c(C)c2cnc(N[C@@H]3CCOC[C@H]3O)cc2n([C@@H]2CC[C@H](O)C2)c1=O.N[C@@H]1CC[C@@H](O)C1.N[C@@H]1CC[C@H](O)C1.[2HH].[2H][2H].[B]. The minimum Gasteiger partial charge on any atom is -0.414 e. The van der Waals surface area contributed by atoms with Crippen molar-refractivity contribution >= 4 is 90.0 Å². The predicted octanol–water partition coefficient (Wildman–Crippen LogP) is 9.89. The van der Waals surface area contributed by atoms with Gasteiger partial charge in [-0.1, -0.05) is 47.2 Å². The van der Waals surface area contributed by atoms with Crippen molar-refractivity contribution in [2.45, 2.75) is 289 Å². The summed E-state index contributed by atoms with van der Waals surface area (Å²) in [6.45, 7) is 22.5. The summed E-state index contributed by atoms with van der Waals surface area (Å²) in [5.41, 5.74) is 14.7.